The summed E-state index contributed by atoms with van der Waals surface area (Å²) in [6, 6.07) is 12.8. The summed E-state index contributed by atoms with van der Waals surface area (Å²) in [7, 11) is 0. The number of furan rings is 1. The van der Waals surface area contributed by atoms with E-state index in [1.165, 1.54) is 41.3 Å². The summed E-state index contributed by atoms with van der Waals surface area (Å²) in [5, 5.41) is 10.8. The van der Waals surface area contributed by atoms with Crippen LogP contribution < -0.4 is 0 Å². The maximum Gasteiger partial charge on any atom is 0.296 e. The van der Waals surface area contributed by atoms with Crippen molar-refractivity contribution in [1.82, 2.24) is 4.90 Å². The Balaban J connectivity index is 1.83. The van der Waals surface area contributed by atoms with E-state index in [-0.39, 0.29) is 17.7 Å². The molecule has 1 saturated heterocycles. The first-order valence-corrected chi connectivity index (χ1v) is 9.20. The van der Waals surface area contributed by atoms with Gasteiger partial charge in [-0.15, -0.1) is 0 Å². The number of amides is 1. The molecule has 1 atom stereocenters. The first kappa shape index (κ1) is 19.6. The van der Waals surface area contributed by atoms with Crippen LogP contribution in [0.1, 0.15) is 28.7 Å². The summed E-state index contributed by atoms with van der Waals surface area (Å²) in [6.07, 6.45) is 0. The molecule has 1 aliphatic rings. The second kappa shape index (κ2) is 7.59. The van der Waals surface area contributed by atoms with Gasteiger partial charge >= 0.3 is 0 Å². The highest BCUT2D eigenvalue weighted by Crippen LogP contribution is 2.40. The summed E-state index contributed by atoms with van der Waals surface area (Å²) in [6.45, 7) is 1.73. The Morgan fingerprint density at radius 2 is 1.57 bits per heavy atom. The number of aliphatic hydroxyl groups excluding tert-OH is 1. The number of benzene rings is 2. The minimum Gasteiger partial charge on any atom is -0.507 e. The van der Waals surface area contributed by atoms with Crippen molar-refractivity contribution < 1.29 is 27.9 Å². The van der Waals surface area contributed by atoms with Crippen LogP contribution in [-0.2, 0) is 16.1 Å². The molecular formula is C23H17F2NO4. The number of carbonyl (C=O) groups excluding carboxylic acids is 2. The van der Waals surface area contributed by atoms with Crippen LogP contribution in [0.4, 0.5) is 8.78 Å². The largest absolute Gasteiger partial charge is 0.507 e. The number of aliphatic hydroxyl groups is 1. The third-order valence-electron chi connectivity index (χ3n) is 4.95. The van der Waals surface area contributed by atoms with Gasteiger partial charge in [0.15, 0.2) is 0 Å². The van der Waals surface area contributed by atoms with E-state index in [1.54, 1.807) is 19.1 Å². The maximum atomic E-state index is 13.3. The molecule has 1 aliphatic heterocycles. The van der Waals surface area contributed by atoms with Crippen LogP contribution in [0.5, 0.6) is 0 Å². The number of hydrogen-bond acceptors (Lipinski definition) is 4. The molecule has 1 fully saturated rings. The monoisotopic (exact) mass is 409 g/mol. The number of halogens is 2. The summed E-state index contributed by atoms with van der Waals surface area (Å²) >= 11 is 0. The lowest BCUT2D eigenvalue weighted by molar-refractivity contribution is -0.140. The van der Waals surface area contributed by atoms with Crippen molar-refractivity contribution in [3.8, 4) is 0 Å². The number of likely N-dealkylation sites (tertiary alicyclic amines) is 1. The third kappa shape index (κ3) is 3.50. The molecule has 152 valence electrons. The van der Waals surface area contributed by atoms with Gasteiger partial charge in [0.2, 0.25) is 0 Å². The fraction of sp³-hybridized carbons (Fsp3) is 0.130. The molecule has 3 aromatic rings. The van der Waals surface area contributed by atoms with Gasteiger partial charge in [-0.05, 0) is 61.0 Å². The highest BCUT2D eigenvalue weighted by Gasteiger charge is 2.47. The molecule has 0 aliphatic carbocycles. The normalized spacial score (nSPS) is 18.2. The molecule has 5 nitrogen and oxygen atoms in total. The van der Waals surface area contributed by atoms with Gasteiger partial charge in [-0.25, -0.2) is 8.78 Å². The third-order valence-corrected chi connectivity index (χ3v) is 4.95. The average molecular weight is 409 g/mol. The molecule has 0 bridgehead atoms. The van der Waals surface area contributed by atoms with Gasteiger partial charge in [-0.3, -0.25) is 9.59 Å². The zero-order valence-electron chi connectivity index (χ0n) is 15.9. The predicted molar refractivity (Wildman–Crippen MR) is 104 cm³/mol. The smallest absolute Gasteiger partial charge is 0.296 e. The van der Waals surface area contributed by atoms with Gasteiger partial charge in [-0.1, -0.05) is 12.1 Å². The molecule has 7 heteroatoms. The van der Waals surface area contributed by atoms with Crippen LogP contribution in [-0.4, -0.2) is 21.7 Å². The van der Waals surface area contributed by atoms with Crippen LogP contribution in [0.15, 0.2) is 70.7 Å². The van der Waals surface area contributed by atoms with Crippen molar-refractivity contribution in [3.63, 3.8) is 0 Å². The SMILES string of the molecule is Cc1ccc(C2/C(=C(/O)c3ccc(F)cc3)C(=O)C(=O)N2Cc2ccc(F)cc2)o1. The van der Waals surface area contributed by atoms with E-state index in [0.29, 0.717) is 17.1 Å². The average Bonchev–Trinajstić information content (AvgIpc) is 3.26. The standard InChI is InChI=1S/C23H17F2NO4/c1-13-2-11-18(30-13)20-19(21(27)15-5-9-17(25)10-6-15)22(28)23(29)26(20)12-14-3-7-16(24)8-4-14/h2-11,20,27H,12H2,1H3/b21-19-. The Morgan fingerprint density at radius 3 is 2.13 bits per heavy atom. The first-order valence-electron chi connectivity index (χ1n) is 9.20. The molecular weight excluding hydrogens is 392 g/mol. The van der Waals surface area contributed by atoms with E-state index in [9.17, 15) is 23.5 Å². The van der Waals surface area contributed by atoms with E-state index in [1.807, 2.05) is 0 Å². The van der Waals surface area contributed by atoms with Gasteiger partial charge in [0.05, 0.1) is 5.57 Å². The fourth-order valence-electron chi connectivity index (χ4n) is 3.49. The van der Waals surface area contributed by atoms with Crippen molar-refractivity contribution in [2.45, 2.75) is 19.5 Å². The Hall–Kier alpha value is -3.74. The second-order valence-electron chi connectivity index (χ2n) is 7.01. The topological polar surface area (TPSA) is 70.8 Å². The molecule has 1 amide bonds. The summed E-state index contributed by atoms with van der Waals surface area (Å²) < 4.78 is 32.2. The minimum atomic E-state index is -0.978. The molecule has 2 aromatic carbocycles. The van der Waals surface area contributed by atoms with Crippen LogP contribution in [0, 0.1) is 18.6 Å². The van der Waals surface area contributed by atoms with E-state index in [2.05, 4.69) is 0 Å². The first-order chi connectivity index (χ1) is 14.3. The Labute approximate surface area is 170 Å². The van der Waals surface area contributed by atoms with E-state index in [0.717, 1.165) is 12.1 Å². The van der Waals surface area contributed by atoms with Crippen molar-refractivity contribution in [2.75, 3.05) is 0 Å². The highest BCUT2D eigenvalue weighted by molar-refractivity contribution is 6.46. The van der Waals surface area contributed by atoms with Crippen LogP contribution in [0.2, 0.25) is 0 Å². The van der Waals surface area contributed by atoms with Crippen LogP contribution in [0.25, 0.3) is 5.76 Å². The van der Waals surface area contributed by atoms with Gasteiger partial charge < -0.3 is 14.4 Å². The van der Waals surface area contributed by atoms with Gasteiger partial charge in [-0.2, -0.15) is 0 Å². The van der Waals surface area contributed by atoms with Gasteiger partial charge in [0.1, 0.15) is 35.0 Å². The summed E-state index contributed by atoms with van der Waals surface area (Å²) in [5.41, 5.74) is 0.654. The summed E-state index contributed by atoms with van der Waals surface area (Å²) in [5.74, 6) is -2.16. The number of nitrogens with zero attached hydrogens (tertiary/aromatic N) is 1. The number of aryl methyl sites for hydroxylation is 1. The number of hydrogen-bond donors (Lipinski definition) is 1. The lowest BCUT2D eigenvalue weighted by atomic mass is 9.99. The van der Waals surface area contributed by atoms with Crippen LogP contribution >= 0.6 is 0 Å². The minimum absolute atomic E-state index is 0.00939. The zero-order valence-corrected chi connectivity index (χ0v) is 15.9. The molecule has 1 aromatic heterocycles. The predicted octanol–water partition coefficient (Wildman–Crippen LogP) is 4.49. The zero-order chi connectivity index (χ0) is 21.4. The van der Waals surface area contributed by atoms with E-state index < -0.39 is 35.1 Å². The second-order valence-corrected chi connectivity index (χ2v) is 7.01. The number of carbonyl (C=O) groups is 2. The molecule has 4 rings (SSSR count). The molecule has 0 saturated carbocycles. The molecule has 0 radical (unpaired) electrons. The Bertz CT molecular complexity index is 1150. The summed E-state index contributed by atoms with van der Waals surface area (Å²) in [4.78, 5) is 26.9. The fourth-order valence-corrected chi connectivity index (χ4v) is 3.49. The van der Waals surface area contributed by atoms with Crippen molar-refractivity contribution in [2.24, 2.45) is 0 Å². The van der Waals surface area contributed by atoms with Gasteiger partial charge in [0, 0.05) is 12.1 Å². The lowest BCUT2D eigenvalue weighted by Gasteiger charge is -2.23. The van der Waals surface area contributed by atoms with E-state index >= 15 is 0 Å². The number of Topliss-reactive ketones (excluding diaryl/α,β-unsaturated/α-hetero) is 1. The van der Waals surface area contributed by atoms with Crippen molar-refractivity contribution in [3.05, 3.63) is 101 Å². The Morgan fingerprint density at radius 1 is 0.967 bits per heavy atom. The number of rotatable bonds is 4. The highest BCUT2D eigenvalue weighted by atomic mass is 19.1. The quantitative estimate of drug-likeness (QED) is 0.392. The molecule has 30 heavy (non-hydrogen) atoms. The molecule has 1 N–H and O–H groups in total. The van der Waals surface area contributed by atoms with Crippen LogP contribution in [0.3, 0.4) is 0 Å². The number of ketones is 1. The van der Waals surface area contributed by atoms with Gasteiger partial charge in [0.25, 0.3) is 11.7 Å². The Kier molecular flexibility index (Phi) is 4.95. The van der Waals surface area contributed by atoms with Crippen molar-refractivity contribution >= 4 is 17.4 Å². The molecule has 2 heterocycles. The maximum absolute atomic E-state index is 13.3. The van der Waals surface area contributed by atoms with Crippen molar-refractivity contribution in [1.29, 1.82) is 0 Å². The lowest BCUT2D eigenvalue weighted by Crippen LogP contribution is -2.29. The van der Waals surface area contributed by atoms with E-state index in [4.69, 9.17) is 4.42 Å². The molecule has 0 spiro atoms. The molecule has 1 unspecified atom stereocenters.